The Kier molecular flexibility index (Phi) is 4.39. The maximum absolute atomic E-state index is 12.4. The van der Waals surface area contributed by atoms with Crippen molar-refractivity contribution in [3.63, 3.8) is 0 Å². The molecular formula is C11H13BrFO. The monoisotopic (exact) mass is 259 g/mol. The Labute approximate surface area is 92.4 Å². The highest BCUT2D eigenvalue weighted by Crippen LogP contribution is 2.26. The van der Waals surface area contributed by atoms with Gasteiger partial charge in [-0.15, -0.1) is 0 Å². The summed E-state index contributed by atoms with van der Waals surface area (Å²) in [7, 11) is 0. The fraction of sp³-hybridized carbons (Fsp3) is 0.364. The number of alkyl halides is 1. The molecule has 0 spiro atoms. The molecule has 0 bridgehead atoms. The van der Waals surface area contributed by atoms with Gasteiger partial charge in [0, 0.05) is 10.4 Å². The van der Waals surface area contributed by atoms with Gasteiger partial charge in [0.15, 0.2) is 0 Å². The van der Waals surface area contributed by atoms with Gasteiger partial charge < -0.3 is 4.74 Å². The standard InChI is InChI=1S/C11H13BrFO/c1-3-14-11-5-9(8(2)7-13)4-10(12)6-11/h4-6,8H,2-3,7H2,1H3. The van der Waals surface area contributed by atoms with E-state index in [9.17, 15) is 4.39 Å². The smallest absolute Gasteiger partial charge is 0.120 e. The zero-order valence-corrected chi connectivity index (χ0v) is 9.68. The maximum Gasteiger partial charge on any atom is 0.120 e. The maximum atomic E-state index is 12.4. The van der Waals surface area contributed by atoms with E-state index in [0.29, 0.717) is 6.61 Å². The van der Waals surface area contributed by atoms with Gasteiger partial charge in [0.2, 0.25) is 0 Å². The van der Waals surface area contributed by atoms with E-state index in [1.165, 1.54) is 0 Å². The van der Waals surface area contributed by atoms with E-state index in [2.05, 4.69) is 22.9 Å². The molecule has 1 nitrogen and oxygen atoms in total. The highest BCUT2D eigenvalue weighted by Gasteiger charge is 2.07. The first-order chi connectivity index (χ1) is 6.67. The van der Waals surface area contributed by atoms with E-state index in [1.807, 2.05) is 25.1 Å². The van der Waals surface area contributed by atoms with E-state index in [4.69, 9.17) is 4.74 Å². The molecule has 14 heavy (non-hydrogen) atoms. The number of rotatable bonds is 4. The second kappa shape index (κ2) is 5.35. The van der Waals surface area contributed by atoms with Crippen molar-refractivity contribution in [2.24, 2.45) is 0 Å². The molecule has 0 amide bonds. The molecule has 0 saturated heterocycles. The van der Waals surface area contributed by atoms with Crippen molar-refractivity contribution in [3.05, 3.63) is 35.2 Å². The average Bonchev–Trinajstić information content (AvgIpc) is 2.16. The highest BCUT2D eigenvalue weighted by molar-refractivity contribution is 9.10. The third-order valence-electron chi connectivity index (χ3n) is 1.86. The molecule has 1 unspecified atom stereocenters. The van der Waals surface area contributed by atoms with Crippen LogP contribution in [0.4, 0.5) is 4.39 Å². The lowest BCUT2D eigenvalue weighted by atomic mass is 10.0. The summed E-state index contributed by atoms with van der Waals surface area (Å²) in [6, 6.07) is 5.54. The largest absolute Gasteiger partial charge is 0.494 e. The number of halogens is 2. The summed E-state index contributed by atoms with van der Waals surface area (Å²) < 4.78 is 18.6. The lowest BCUT2D eigenvalue weighted by Crippen LogP contribution is -1.98. The van der Waals surface area contributed by atoms with Gasteiger partial charge in [-0.3, -0.25) is 4.39 Å². The molecule has 0 aliphatic heterocycles. The number of benzene rings is 1. The minimum absolute atomic E-state index is 0.327. The summed E-state index contributed by atoms with van der Waals surface area (Å²) in [4.78, 5) is 0. The molecular weight excluding hydrogens is 247 g/mol. The van der Waals surface area contributed by atoms with Crippen molar-refractivity contribution in [2.75, 3.05) is 13.3 Å². The number of hydrogen-bond acceptors (Lipinski definition) is 1. The molecule has 1 rings (SSSR count). The van der Waals surface area contributed by atoms with Crippen LogP contribution in [0.25, 0.3) is 0 Å². The molecule has 0 heterocycles. The Hall–Kier alpha value is -0.570. The Morgan fingerprint density at radius 3 is 2.79 bits per heavy atom. The van der Waals surface area contributed by atoms with Crippen molar-refractivity contribution in [1.29, 1.82) is 0 Å². The summed E-state index contributed by atoms with van der Waals surface area (Å²) >= 11 is 3.35. The van der Waals surface area contributed by atoms with E-state index in [-0.39, 0.29) is 5.92 Å². The SMILES string of the molecule is [CH2]C(CF)c1cc(Br)cc(OCC)c1. The van der Waals surface area contributed by atoms with Crippen molar-refractivity contribution < 1.29 is 9.13 Å². The van der Waals surface area contributed by atoms with Crippen LogP contribution in [-0.2, 0) is 0 Å². The Morgan fingerprint density at radius 2 is 2.21 bits per heavy atom. The van der Waals surface area contributed by atoms with Gasteiger partial charge in [-0.25, -0.2) is 0 Å². The van der Waals surface area contributed by atoms with Gasteiger partial charge in [-0.05, 0) is 37.6 Å². The predicted molar refractivity (Wildman–Crippen MR) is 59.4 cm³/mol. The van der Waals surface area contributed by atoms with E-state index < -0.39 is 6.67 Å². The minimum Gasteiger partial charge on any atom is -0.494 e. The zero-order chi connectivity index (χ0) is 10.6. The fourth-order valence-electron chi connectivity index (χ4n) is 1.16. The second-order valence-corrected chi connectivity index (χ2v) is 3.92. The third-order valence-corrected chi connectivity index (χ3v) is 2.32. The van der Waals surface area contributed by atoms with Gasteiger partial charge in [0.25, 0.3) is 0 Å². The first-order valence-electron chi connectivity index (χ1n) is 4.49. The van der Waals surface area contributed by atoms with Gasteiger partial charge in [0.05, 0.1) is 13.3 Å². The molecule has 0 N–H and O–H groups in total. The first-order valence-corrected chi connectivity index (χ1v) is 5.29. The van der Waals surface area contributed by atoms with Crippen molar-refractivity contribution in [2.45, 2.75) is 12.8 Å². The van der Waals surface area contributed by atoms with Crippen molar-refractivity contribution in [1.82, 2.24) is 0 Å². The summed E-state index contributed by atoms with van der Waals surface area (Å²) in [6.07, 6.45) is 0. The molecule has 1 aromatic carbocycles. The molecule has 1 atom stereocenters. The molecule has 0 fully saturated rings. The molecule has 1 radical (unpaired) electrons. The fourth-order valence-corrected chi connectivity index (χ4v) is 1.65. The van der Waals surface area contributed by atoms with Crippen molar-refractivity contribution >= 4 is 15.9 Å². The van der Waals surface area contributed by atoms with Crippen LogP contribution in [-0.4, -0.2) is 13.3 Å². The van der Waals surface area contributed by atoms with Gasteiger partial charge in [-0.1, -0.05) is 15.9 Å². The predicted octanol–water partition coefficient (Wildman–Crippen LogP) is 3.73. The van der Waals surface area contributed by atoms with Crippen LogP contribution >= 0.6 is 15.9 Å². The topological polar surface area (TPSA) is 9.23 Å². The van der Waals surface area contributed by atoms with Crippen LogP contribution in [0.15, 0.2) is 22.7 Å². The van der Waals surface area contributed by atoms with E-state index >= 15 is 0 Å². The molecule has 77 valence electrons. The molecule has 0 aromatic heterocycles. The number of hydrogen-bond donors (Lipinski definition) is 0. The summed E-state index contributed by atoms with van der Waals surface area (Å²) in [5, 5.41) is 0. The van der Waals surface area contributed by atoms with Gasteiger partial charge in [-0.2, -0.15) is 0 Å². The van der Waals surface area contributed by atoms with Crippen LogP contribution in [0.5, 0.6) is 5.75 Å². The summed E-state index contributed by atoms with van der Waals surface area (Å²) in [6.45, 7) is 5.78. The molecule has 0 saturated carbocycles. The summed E-state index contributed by atoms with van der Waals surface area (Å²) in [5.74, 6) is 0.422. The molecule has 3 heteroatoms. The van der Waals surface area contributed by atoms with Crippen LogP contribution in [0.2, 0.25) is 0 Å². The molecule has 0 aliphatic rings. The summed E-state index contributed by atoms with van der Waals surface area (Å²) in [5.41, 5.74) is 0.852. The Balaban J connectivity index is 2.94. The van der Waals surface area contributed by atoms with Crippen molar-refractivity contribution in [3.8, 4) is 5.75 Å². The van der Waals surface area contributed by atoms with E-state index in [1.54, 1.807) is 0 Å². The Morgan fingerprint density at radius 1 is 1.50 bits per heavy atom. The second-order valence-electron chi connectivity index (χ2n) is 3.00. The first kappa shape index (κ1) is 11.5. The van der Waals surface area contributed by atoms with Gasteiger partial charge in [0.1, 0.15) is 5.75 Å². The normalized spacial score (nSPS) is 12.6. The van der Waals surface area contributed by atoms with Crippen LogP contribution in [0.3, 0.4) is 0 Å². The van der Waals surface area contributed by atoms with Gasteiger partial charge >= 0.3 is 0 Å². The Bertz CT molecular complexity index is 301. The van der Waals surface area contributed by atoms with Crippen LogP contribution < -0.4 is 4.74 Å². The highest BCUT2D eigenvalue weighted by atomic mass is 79.9. The lowest BCUT2D eigenvalue weighted by Gasteiger charge is -2.10. The minimum atomic E-state index is -0.456. The zero-order valence-electron chi connectivity index (χ0n) is 8.09. The quantitative estimate of drug-likeness (QED) is 0.801. The third kappa shape index (κ3) is 2.98. The van der Waals surface area contributed by atoms with E-state index in [0.717, 1.165) is 15.8 Å². The lowest BCUT2D eigenvalue weighted by molar-refractivity contribution is 0.339. The average molecular weight is 260 g/mol. The van der Waals surface area contributed by atoms with Crippen LogP contribution in [0.1, 0.15) is 18.4 Å². The number of ether oxygens (including phenoxy) is 1. The van der Waals surface area contributed by atoms with Crippen LogP contribution in [0, 0.1) is 6.92 Å². The molecule has 0 aliphatic carbocycles. The molecule has 1 aromatic rings.